The molecule has 0 bridgehead atoms. The first-order valence-corrected chi connectivity index (χ1v) is 8.17. The number of pyridine rings is 1. The summed E-state index contributed by atoms with van der Waals surface area (Å²) in [4.78, 5) is 18.5. The molecule has 7 heteroatoms. The van der Waals surface area contributed by atoms with Gasteiger partial charge in [-0.2, -0.15) is 5.10 Å². The number of carbonyl (C=O) groups excluding carboxylic acids is 1. The first-order chi connectivity index (χ1) is 11.4. The molecule has 0 aliphatic carbocycles. The van der Waals surface area contributed by atoms with Crippen molar-refractivity contribution in [3.63, 3.8) is 0 Å². The molecule has 1 fully saturated rings. The summed E-state index contributed by atoms with van der Waals surface area (Å²) in [5, 5.41) is 17.3. The topological polar surface area (TPSA) is 83.3 Å². The zero-order chi connectivity index (χ0) is 17.2. The molecule has 0 radical (unpaired) electrons. The van der Waals surface area contributed by atoms with Crippen molar-refractivity contribution < 1.29 is 9.90 Å². The third kappa shape index (κ3) is 3.56. The second kappa shape index (κ2) is 6.60. The molecule has 1 saturated heterocycles. The summed E-state index contributed by atoms with van der Waals surface area (Å²) in [6, 6.07) is 5.31. The highest BCUT2D eigenvalue weighted by molar-refractivity contribution is 5.75. The van der Waals surface area contributed by atoms with E-state index in [1.807, 2.05) is 24.4 Å². The van der Waals surface area contributed by atoms with Crippen LogP contribution in [0.1, 0.15) is 32.3 Å². The van der Waals surface area contributed by atoms with Crippen molar-refractivity contribution in [2.24, 2.45) is 0 Å². The van der Waals surface area contributed by atoms with Crippen LogP contribution in [-0.4, -0.2) is 49.0 Å². The van der Waals surface area contributed by atoms with Crippen LogP contribution in [0.2, 0.25) is 0 Å². The number of nitrogens with zero attached hydrogens (tertiary/aromatic N) is 4. The minimum absolute atomic E-state index is 0.142. The van der Waals surface area contributed by atoms with E-state index in [0.717, 1.165) is 18.4 Å². The molecule has 0 aromatic carbocycles. The average molecular weight is 329 g/mol. The van der Waals surface area contributed by atoms with Gasteiger partial charge in [-0.05, 0) is 50.5 Å². The zero-order valence-electron chi connectivity index (χ0n) is 14.0. The first kappa shape index (κ1) is 16.4. The average Bonchev–Trinajstić information content (AvgIpc) is 3.23. The summed E-state index contributed by atoms with van der Waals surface area (Å²) in [6.45, 7) is 4.59. The first-order valence-electron chi connectivity index (χ1n) is 8.17. The summed E-state index contributed by atoms with van der Waals surface area (Å²) in [7, 11) is 0. The largest absolute Gasteiger partial charge is 0.388 e. The smallest absolute Gasteiger partial charge is 0.318 e. The molecule has 3 rings (SSSR count). The summed E-state index contributed by atoms with van der Waals surface area (Å²) in [6.07, 6.45) is 6.97. The Hall–Kier alpha value is -2.41. The molecule has 1 aliphatic heterocycles. The highest BCUT2D eigenvalue weighted by Crippen LogP contribution is 2.26. The third-order valence-corrected chi connectivity index (χ3v) is 4.32. The lowest BCUT2D eigenvalue weighted by molar-refractivity contribution is 0.00979. The van der Waals surface area contributed by atoms with Crippen LogP contribution in [-0.2, 0) is 6.54 Å². The predicted octanol–water partition coefficient (Wildman–Crippen LogP) is 1.71. The Kier molecular flexibility index (Phi) is 4.53. The van der Waals surface area contributed by atoms with Gasteiger partial charge in [-0.15, -0.1) is 0 Å². The summed E-state index contributed by atoms with van der Waals surface area (Å²) in [5.41, 5.74) is 0.0560. The highest BCUT2D eigenvalue weighted by atomic mass is 16.3. The van der Waals surface area contributed by atoms with E-state index in [-0.39, 0.29) is 12.1 Å². The molecule has 1 atom stereocenters. The van der Waals surface area contributed by atoms with Gasteiger partial charge in [0.25, 0.3) is 0 Å². The van der Waals surface area contributed by atoms with Crippen molar-refractivity contribution in [3.05, 3.63) is 42.4 Å². The van der Waals surface area contributed by atoms with Crippen LogP contribution in [0, 0.1) is 0 Å². The number of rotatable bonds is 4. The maximum absolute atomic E-state index is 12.5. The molecule has 128 valence electrons. The van der Waals surface area contributed by atoms with E-state index in [4.69, 9.17) is 0 Å². The molecule has 0 saturated carbocycles. The fraction of sp³-hybridized carbons (Fsp3) is 0.471. The number of nitrogens with one attached hydrogen (secondary N) is 1. The van der Waals surface area contributed by atoms with E-state index >= 15 is 0 Å². The van der Waals surface area contributed by atoms with Crippen LogP contribution in [0.15, 0.2) is 36.8 Å². The molecule has 7 nitrogen and oxygen atoms in total. The Morgan fingerprint density at radius 3 is 3.00 bits per heavy atom. The summed E-state index contributed by atoms with van der Waals surface area (Å²) in [5.74, 6) is 0.710. The molecular formula is C17H23N5O2. The molecular weight excluding hydrogens is 306 g/mol. The molecule has 24 heavy (non-hydrogen) atoms. The van der Waals surface area contributed by atoms with Gasteiger partial charge in [-0.3, -0.25) is 0 Å². The lowest BCUT2D eigenvalue weighted by atomic mass is 9.97. The minimum Gasteiger partial charge on any atom is -0.388 e. The Morgan fingerprint density at radius 1 is 1.46 bits per heavy atom. The molecule has 2 N–H and O–H groups in total. The van der Waals surface area contributed by atoms with Gasteiger partial charge in [0, 0.05) is 31.7 Å². The zero-order valence-corrected chi connectivity index (χ0v) is 14.0. The SMILES string of the molecule is CC(C)(O)[C@@H]1CCCN1C(=O)NCc1ccnc(-n2cccn2)c1. The number of hydrogen-bond acceptors (Lipinski definition) is 4. The Balaban J connectivity index is 1.63. The second-order valence-electron chi connectivity index (χ2n) is 6.64. The number of urea groups is 1. The lowest BCUT2D eigenvalue weighted by Gasteiger charge is -2.33. The number of carbonyl (C=O) groups is 1. The minimum atomic E-state index is -0.891. The van der Waals surface area contributed by atoms with Gasteiger partial charge in [-0.1, -0.05) is 0 Å². The van der Waals surface area contributed by atoms with Gasteiger partial charge in [-0.25, -0.2) is 14.5 Å². The van der Waals surface area contributed by atoms with E-state index in [1.165, 1.54) is 0 Å². The van der Waals surface area contributed by atoms with Crippen molar-refractivity contribution >= 4 is 6.03 Å². The standard InChI is InChI=1S/C17H23N5O2/c1-17(2,24)14-5-3-9-21(14)16(23)19-12-13-6-8-18-15(11-13)22-10-4-7-20-22/h4,6-8,10-11,14,24H,3,5,9,12H2,1-2H3,(H,19,23)/t14-/m0/s1. The molecule has 1 aliphatic rings. The predicted molar refractivity (Wildman–Crippen MR) is 89.6 cm³/mol. The Labute approximate surface area is 141 Å². The van der Waals surface area contributed by atoms with Gasteiger partial charge < -0.3 is 15.3 Å². The normalized spacial score (nSPS) is 18.0. The fourth-order valence-electron chi connectivity index (χ4n) is 3.12. The maximum atomic E-state index is 12.5. The number of amides is 2. The Bertz CT molecular complexity index is 693. The monoisotopic (exact) mass is 329 g/mol. The highest BCUT2D eigenvalue weighted by Gasteiger charge is 2.38. The quantitative estimate of drug-likeness (QED) is 0.894. The Morgan fingerprint density at radius 2 is 2.29 bits per heavy atom. The van der Waals surface area contributed by atoms with Crippen LogP contribution in [0.4, 0.5) is 4.79 Å². The van der Waals surface area contributed by atoms with Crippen LogP contribution in [0.3, 0.4) is 0 Å². The molecule has 2 amide bonds. The maximum Gasteiger partial charge on any atom is 0.318 e. The van der Waals surface area contributed by atoms with Gasteiger partial charge in [0.05, 0.1) is 11.6 Å². The van der Waals surface area contributed by atoms with Gasteiger partial charge in [0.2, 0.25) is 0 Å². The van der Waals surface area contributed by atoms with Crippen molar-refractivity contribution in [3.8, 4) is 5.82 Å². The van der Waals surface area contributed by atoms with Crippen molar-refractivity contribution in [1.82, 2.24) is 25.0 Å². The van der Waals surface area contributed by atoms with Crippen molar-refractivity contribution in [1.29, 1.82) is 0 Å². The number of aromatic nitrogens is 3. The van der Waals surface area contributed by atoms with E-state index < -0.39 is 5.60 Å². The third-order valence-electron chi connectivity index (χ3n) is 4.32. The molecule has 2 aromatic rings. The van der Waals surface area contributed by atoms with Crippen LogP contribution in [0.25, 0.3) is 5.82 Å². The summed E-state index contributed by atoms with van der Waals surface area (Å²) >= 11 is 0. The van der Waals surface area contributed by atoms with Crippen LogP contribution < -0.4 is 5.32 Å². The number of aliphatic hydroxyl groups is 1. The number of likely N-dealkylation sites (tertiary alicyclic amines) is 1. The second-order valence-corrected chi connectivity index (χ2v) is 6.64. The van der Waals surface area contributed by atoms with Crippen molar-refractivity contribution in [2.75, 3.05) is 6.54 Å². The van der Waals surface area contributed by atoms with Gasteiger partial charge >= 0.3 is 6.03 Å². The van der Waals surface area contributed by atoms with Crippen molar-refractivity contribution in [2.45, 2.75) is 44.9 Å². The lowest BCUT2D eigenvalue weighted by Crippen LogP contribution is -2.51. The van der Waals surface area contributed by atoms with E-state index in [1.54, 1.807) is 35.8 Å². The number of hydrogen-bond donors (Lipinski definition) is 2. The van der Waals surface area contributed by atoms with Crippen LogP contribution >= 0.6 is 0 Å². The van der Waals surface area contributed by atoms with E-state index in [2.05, 4.69) is 15.4 Å². The van der Waals surface area contributed by atoms with E-state index in [9.17, 15) is 9.90 Å². The van der Waals surface area contributed by atoms with Gasteiger partial charge in [0.15, 0.2) is 5.82 Å². The molecule has 2 aromatic heterocycles. The van der Waals surface area contributed by atoms with E-state index in [0.29, 0.717) is 18.9 Å². The molecule has 3 heterocycles. The summed E-state index contributed by atoms with van der Waals surface area (Å²) < 4.78 is 1.68. The fourth-order valence-corrected chi connectivity index (χ4v) is 3.12. The van der Waals surface area contributed by atoms with Gasteiger partial charge in [0.1, 0.15) is 0 Å². The molecule has 0 spiro atoms. The van der Waals surface area contributed by atoms with Crippen LogP contribution in [0.5, 0.6) is 0 Å². The molecule has 0 unspecified atom stereocenters.